The number of ether oxygens (including phenoxy) is 1. The Morgan fingerprint density at radius 3 is 2.68 bits per heavy atom. The van der Waals surface area contributed by atoms with Crippen LogP contribution in [-0.2, 0) is 16.1 Å². The molecule has 0 spiro atoms. The Bertz CT molecular complexity index is 1150. The van der Waals surface area contributed by atoms with E-state index in [4.69, 9.17) is 10.5 Å². The van der Waals surface area contributed by atoms with Gasteiger partial charge in [-0.25, -0.2) is 4.79 Å². The Morgan fingerprint density at radius 2 is 2.03 bits per heavy atom. The zero-order valence-corrected chi connectivity index (χ0v) is 19.9. The molecule has 1 saturated carbocycles. The standard InChI is InChI=1S/C24H33N5O5/c1-4-5-11-28-21(25)20(23(32)27-24(28)33)29(13-15(2)3)19(30)14-34-18-8-6-7-17(12-18)26-22(31)16-9-10-16/h6-8,12,15-16H,4-5,9-11,13-14,25H2,1-3H3,(H,26,31)(H,27,32,33). The second kappa shape index (κ2) is 11.0. The Balaban J connectivity index is 1.80. The fraction of sp³-hybridized carbons (Fsp3) is 0.500. The van der Waals surface area contributed by atoms with Crippen LogP contribution in [0.25, 0.3) is 0 Å². The number of carbonyl (C=O) groups excluding carboxylic acids is 2. The molecule has 1 aliphatic rings. The molecule has 0 atom stereocenters. The molecule has 184 valence electrons. The van der Waals surface area contributed by atoms with Gasteiger partial charge in [-0.2, -0.15) is 0 Å². The Morgan fingerprint density at radius 1 is 1.29 bits per heavy atom. The smallest absolute Gasteiger partial charge is 0.330 e. The lowest BCUT2D eigenvalue weighted by molar-refractivity contribution is -0.120. The lowest BCUT2D eigenvalue weighted by Gasteiger charge is -2.26. The molecule has 0 aliphatic heterocycles. The number of aromatic nitrogens is 2. The third kappa shape index (κ3) is 6.27. The Labute approximate surface area is 198 Å². The predicted octanol–water partition coefficient (Wildman–Crippen LogP) is 2.34. The number of aromatic amines is 1. The van der Waals surface area contributed by atoms with Gasteiger partial charge in [0, 0.05) is 30.8 Å². The van der Waals surface area contributed by atoms with Crippen LogP contribution in [0.5, 0.6) is 5.75 Å². The highest BCUT2D eigenvalue weighted by molar-refractivity contribution is 5.96. The summed E-state index contributed by atoms with van der Waals surface area (Å²) in [6.45, 7) is 6.00. The molecule has 34 heavy (non-hydrogen) atoms. The summed E-state index contributed by atoms with van der Waals surface area (Å²) in [6, 6.07) is 6.80. The molecule has 1 aromatic heterocycles. The van der Waals surface area contributed by atoms with Gasteiger partial charge in [-0.1, -0.05) is 33.3 Å². The molecule has 0 bridgehead atoms. The van der Waals surface area contributed by atoms with E-state index in [2.05, 4.69) is 10.3 Å². The van der Waals surface area contributed by atoms with Crippen LogP contribution in [0.15, 0.2) is 33.9 Å². The molecule has 4 N–H and O–H groups in total. The first kappa shape index (κ1) is 25.1. The fourth-order valence-corrected chi connectivity index (χ4v) is 3.54. The number of nitrogens with one attached hydrogen (secondary N) is 2. The largest absolute Gasteiger partial charge is 0.484 e. The van der Waals surface area contributed by atoms with Crippen LogP contribution in [0, 0.1) is 11.8 Å². The van der Waals surface area contributed by atoms with Crippen molar-refractivity contribution in [1.82, 2.24) is 9.55 Å². The van der Waals surface area contributed by atoms with E-state index in [1.54, 1.807) is 24.3 Å². The van der Waals surface area contributed by atoms with Crippen LogP contribution in [0.4, 0.5) is 17.2 Å². The zero-order valence-electron chi connectivity index (χ0n) is 19.9. The molecule has 1 fully saturated rings. The maximum Gasteiger partial charge on any atom is 0.330 e. The fourth-order valence-electron chi connectivity index (χ4n) is 3.54. The molecule has 1 heterocycles. The van der Waals surface area contributed by atoms with Crippen molar-refractivity contribution in [2.24, 2.45) is 11.8 Å². The number of nitrogens with two attached hydrogens (primary N) is 1. The van der Waals surface area contributed by atoms with Crippen molar-refractivity contribution in [3.63, 3.8) is 0 Å². The molecule has 0 unspecified atom stereocenters. The minimum atomic E-state index is -0.714. The minimum absolute atomic E-state index is 0.0239. The second-order valence-corrected chi connectivity index (χ2v) is 8.98. The number of benzene rings is 1. The summed E-state index contributed by atoms with van der Waals surface area (Å²) < 4.78 is 6.97. The number of anilines is 3. The highest BCUT2D eigenvalue weighted by Crippen LogP contribution is 2.30. The maximum absolute atomic E-state index is 13.2. The molecule has 0 saturated heterocycles. The van der Waals surface area contributed by atoms with Crippen molar-refractivity contribution in [2.75, 3.05) is 29.1 Å². The molecule has 2 amide bonds. The van der Waals surface area contributed by atoms with Crippen LogP contribution >= 0.6 is 0 Å². The van der Waals surface area contributed by atoms with E-state index in [-0.39, 0.29) is 42.4 Å². The SMILES string of the molecule is CCCCn1c(N)c(N(CC(C)C)C(=O)COc2cccc(NC(=O)C3CC3)c2)c(=O)[nH]c1=O. The molecule has 1 aromatic carbocycles. The molecule has 2 aromatic rings. The number of unbranched alkanes of at least 4 members (excludes halogenated alkanes) is 1. The topological polar surface area (TPSA) is 140 Å². The van der Waals surface area contributed by atoms with E-state index in [0.717, 1.165) is 19.3 Å². The number of hydrogen-bond donors (Lipinski definition) is 3. The van der Waals surface area contributed by atoms with Crippen LogP contribution in [0.1, 0.15) is 46.5 Å². The van der Waals surface area contributed by atoms with Crippen molar-refractivity contribution >= 4 is 29.0 Å². The van der Waals surface area contributed by atoms with E-state index < -0.39 is 17.2 Å². The van der Waals surface area contributed by atoms with Crippen LogP contribution in [0.3, 0.4) is 0 Å². The van der Waals surface area contributed by atoms with Gasteiger partial charge in [0.1, 0.15) is 11.6 Å². The molecule has 10 heteroatoms. The number of carbonyl (C=O) groups is 2. The summed E-state index contributed by atoms with van der Waals surface area (Å²) in [6.07, 6.45) is 3.33. The van der Waals surface area contributed by atoms with Crippen molar-refractivity contribution in [2.45, 2.75) is 53.0 Å². The van der Waals surface area contributed by atoms with E-state index in [1.807, 2.05) is 20.8 Å². The number of H-pyrrole nitrogens is 1. The quantitative estimate of drug-likeness (QED) is 0.460. The van der Waals surface area contributed by atoms with Crippen molar-refractivity contribution < 1.29 is 14.3 Å². The van der Waals surface area contributed by atoms with E-state index in [0.29, 0.717) is 24.4 Å². The first-order chi connectivity index (χ1) is 16.2. The van der Waals surface area contributed by atoms with Gasteiger partial charge in [-0.15, -0.1) is 0 Å². The van der Waals surface area contributed by atoms with Gasteiger partial charge in [0.25, 0.3) is 11.5 Å². The van der Waals surface area contributed by atoms with Crippen LogP contribution in [0.2, 0.25) is 0 Å². The maximum atomic E-state index is 13.2. The summed E-state index contributed by atoms with van der Waals surface area (Å²) in [5.41, 5.74) is 5.43. The van der Waals surface area contributed by atoms with E-state index in [9.17, 15) is 19.2 Å². The average molecular weight is 472 g/mol. The third-order valence-electron chi connectivity index (χ3n) is 5.48. The van der Waals surface area contributed by atoms with Gasteiger partial charge in [0.05, 0.1) is 0 Å². The molecular weight excluding hydrogens is 438 g/mol. The molecule has 0 radical (unpaired) electrons. The van der Waals surface area contributed by atoms with Crippen molar-refractivity contribution in [3.05, 3.63) is 45.1 Å². The summed E-state index contributed by atoms with van der Waals surface area (Å²) in [7, 11) is 0. The average Bonchev–Trinajstić information content (AvgIpc) is 3.62. The van der Waals surface area contributed by atoms with Gasteiger partial charge < -0.3 is 20.7 Å². The van der Waals surface area contributed by atoms with Crippen molar-refractivity contribution in [3.8, 4) is 5.75 Å². The summed E-state index contributed by atoms with van der Waals surface area (Å²) in [5.74, 6) is -0.0370. The van der Waals surface area contributed by atoms with E-state index in [1.165, 1.54) is 9.47 Å². The summed E-state index contributed by atoms with van der Waals surface area (Å²) in [5, 5.41) is 2.84. The first-order valence-electron chi connectivity index (χ1n) is 11.7. The predicted molar refractivity (Wildman–Crippen MR) is 131 cm³/mol. The second-order valence-electron chi connectivity index (χ2n) is 8.98. The number of hydrogen-bond acceptors (Lipinski definition) is 6. The number of nitrogens with zero attached hydrogens (tertiary/aromatic N) is 2. The van der Waals surface area contributed by atoms with Gasteiger partial charge in [-0.05, 0) is 37.3 Å². The highest BCUT2D eigenvalue weighted by Gasteiger charge is 2.29. The van der Waals surface area contributed by atoms with Gasteiger partial charge >= 0.3 is 5.69 Å². The van der Waals surface area contributed by atoms with Crippen LogP contribution < -0.4 is 31.9 Å². The van der Waals surface area contributed by atoms with E-state index >= 15 is 0 Å². The van der Waals surface area contributed by atoms with Crippen molar-refractivity contribution in [1.29, 1.82) is 0 Å². The zero-order chi connectivity index (χ0) is 24.8. The first-order valence-corrected chi connectivity index (χ1v) is 11.7. The highest BCUT2D eigenvalue weighted by atomic mass is 16.5. The van der Waals surface area contributed by atoms with Gasteiger partial charge in [-0.3, -0.25) is 23.9 Å². The number of rotatable bonds is 11. The van der Waals surface area contributed by atoms with Gasteiger partial charge in [0.15, 0.2) is 12.3 Å². The third-order valence-corrected chi connectivity index (χ3v) is 5.48. The van der Waals surface area contributed by atoms with Gasteiger partial charge in [0.2, 0.25) is 5.91 Å². The van der Waals surface area contributed by atoms with Crippen LogP contribution in [-0.4, -0.2) is 34.5 Å². The molecule has 3 rings (SSSR count). The molecular formula is C24H33N5O5. The lowest BCUT2D eigenvalue weighted by atomic mass is 10.2. The number of nitrogen functional groups attached to an aromatic ring is 1. The Kier molecular flexibility index (Phi) is 8.14. The molecule has 10 nitrogen and oxygen atoms in total. The lowest BCUT2D eigenvalue weighted by Crippen LogP contribution is -2.44. The minimum Gasteiger partial charge on any atom is -0.484 e. The monoisotopic (exact) mass is 471 g/mol. The summed E-state index contributed by atoms with van der Waals surface area (Å²) in [4.78, 5) is 53.7. The summed E-state index contributed by atoms with van der Waals surface area (Å²) >= 11 is 0. The Hall–Kier alpha value is -3.56. The normalized spacial score (nSPS) is 13.1. The molecule has 1 aliphatic carbocycles. The number of amides is 2.